The summed E-state index contributed by atoms with van der Waals surface area (Å²) in [6, 6.07) is 0. The van der Waals surface area contributed by atoms with Crippen LogP contribution >= 0.6 is 0 Å². The summed E-state index contributed by atoms with van der Waals surface area (Å²) in [5.41, 5.74) is -0.293. The Balaban J connectivity index is 3.09. The van der Waals surface area contributed by atoms with Gasteiger partial charge in [0.15, 0.2) is 5.75 Å². The van der Waals surface area contributed by atoms with Crippen molar-refractivity contribution in [1.29, 1.82) is 0 Å². The molecule has 66 valence electrons. The Labute approximate surface area is 70.7 Å². The monoisotopic (exact) mass is 168 g/mol. The molecule has 0 saturated heterocycles. The minimum absolute atomic E-state index is 0.130. The van der Waals surface area contributed by atoms with Gasteiger partial charge >= 0.3 is 0 Å². The summed E-state index contributed by atoms with van der Waals surface area (Å²) >= 11 is 0. The lowest BCUT2D eigenvalue weighted by molar-refractivity contribution is 0.394. The van der Waals surface area contributed by atoms with E-state index in [-0.39, 0.29) is 17.1 Å². The molecule has 0 bridgehead atoms. The van der Waals surface area contributed by atoms with Crippen molar-refractivity contribution in [1.82, 2.24) is 0 Å². The highest BCUT2D eigenvalue weighted by Gasteiger charge is 2.24. The fourth-order valence-electron chi connectivity index (χ4n) is 1.24. The van der Waals surface area contributed by atoms with Gasteiger partial charge in [-0.25, -0.2) is 0 Å². The molecule has 0 heterocycles. The topological polar surface area (TPSA) is 43.4 Å². The lowest BCUT2D eigenvalue weighted by Gasteiger charge is -2.13. The Kier molecular flexibility index (Phi) is 2.31. The summed E-state index contributed by atoms with van der Waals surface area (Å²) in [5.74, 6) is 0.388. The van der Waals surface area contributed by atoms with Gasteiger partial charge in [0, 0.05) is 0 Å². The van der Waals surface area contributed by atoms with Crippen LogP contribution in [0.25, 0.3) is 0 Å². The maximum atomic E-state index is 11.0. The van der Waals surface area contributed by atoms with Crippen LogP contribution < -0.4 is 15.6 Å². The van der Waals surface area contributed by atoms with Crippen molar-refractivity contribution in [2.24, 2.45) is 0 Å². The lowest BCUT2D eigenvalue weighted by atomic mass is 9.94. The van der Waals surface area contributed by atoms with E-state index in [1.165, 1.54) is 7.11 Å². The van der Waals surface area contributed by atoms with Crippen molar-refractivity contribution in [3.8, 4) is 5.75 Å². The van der Waals surface area contributed by atoms with Crippen molar-refractivity contribution in [2.75, 3.05) is 7.11 Å². The van der Waals surface area contributed by atoms with Crippen LogP contribution in [-0.2, 0) is 0 Å². The molecule has 1 atom stereocenters. The molecule has 12 heavy (non-hydrogen) atoms. The van der Waals surface area contributed by atoms with E-state index in [2.05, 4.69) is 0 Å². The fourth-order valence-corrected chi connectivity index (χ4v) is 1.24. The third kappa shape index (κ3) is 1.05. The van der Waals surface area contributed by atoms with E-state index in [0.29, 0.717) is 5.56 Å². The summed E-state index contributed by atoms with van der Waals surface area (Å²) in [4.78, 5) is 21.9. The Hall–Kier alpha value is -1.12. The molecule has 0 saturated carbocycles. The first-order valence-corrected chi connectivity index (χ1v) is 4.00. The molecule has 0 aliphatic carbocycles. The highest BCUT2D eigenvalue weighted by molar-refractivity contribution is 5.41. The highest BCUT2D eigenvalue weighted by atomic mass is 16.5. The van der Waals surface area contributed by atoms with Gasteiger partial charge in [-0.15, -0.1) is 0 Å². The summed E-state index contributed by atoms with van der Waals surface area (Å²) in [6.45, 7) is 3.89. The molecule has 1 rings (SSSR count). The molecule has 0 spiro atoms. The molecule has 0 radical (unpaired) electrons. The van der Waals surface area contributed by atoms with E-state index in [0.717, 1.165) is 6.42 Å². The zero-order valence-corrected chi connectivity index (χ0v) is 7.51. The summed E-state index contributed by atoms with van der Waals surface area (Å²) in [7, 11) is 1.42. The predicted octanol–water partition coefficient (Wildman–Crippen LogP) is 0.805. The second kappa shape index (κ2) is 3.09. The molecule has 1 unspecified atom stereocenters. The Morgan fingerprint density at radius 1 is 1.33 bits per heavy atom. The van der Waals surface area contributed by atoms with Crippen molar-refractivity contribution >= 4 is 0 Å². The van der Waals surface area contributed by atoms with Crippen LogP contribution in [0.1, 0.15) is 31.7 Å². The second-order valence-corrected chi connectivity index (χ2v) is 2.91. The Morgan fingerprint density at radius 2 is 1.92 bits per heavy atom. The first-order chi connectivity index (χ1) is 5.63. The molecule has 0 aliphatic rings. The maximum Gasteiger partial charge on any atom is 0.268 e. The SMILES string of the molecule is CCC(C)c1c(OC)c(=O)c1=O. The molecule has 0 fully saturated rings. The van der Waals surface area contributed by atoms with Gasteiger partial charge in [0.25, 0.3) is 5.43 Å². The highest BCUT2D eigenvalue weighted by Crippen LogP contribution is 2.23. The normalized spacial score (nSPS) is 13.2. The molecule has 1 aromatic rings. The van der Waals surface area contributed by atoms with E-state index < -0.39 is 5.43 Å². The zero-order chi connectivity index (χ0) is 9.30. The number of rotatable bonds is 3. The third-order valence-corrected chi connectivity index (χ3v) is 2.21. The summed E-state index contributed by atoms with van der Waals surface area (Å²) in [5, 5.41) is 0. The standard InChI is InChI=1S/C9H12O3/c1-4-5(2)6-7(10)8(11)9(6)12-3/h5H,4H2,1-3H3. The fraction of sp³-hybridized carbons (Fsp3) is 0.556. The first kappa shape index (κ1) is 8.97. The van der Waals surface area contributed by atoms with Gasteiger partial charge in [0.2, 0.25) is 5.43 Å². The van der Waals surface area contributed by atoms with Crippen molar-refractivity contribution in [3.63, 3.8) is 0 Å². The Morgan fingerprint density at radius 3 is 2.33 bits per heavy atom. The van der Waals surface area contributed by atoms with Gasteiger partial charge in [-0.2, -0.15) is 0 Å². The average molecular weight is 168 g/mol. The molecule has 3 nitrogen and oxygen atoms in total. The van der Waals surface area contributed by atoms with Gasteiger partial charge < -0.3 is 4.74 Å². The second-order valence-electron chi connectivity index (χ2n) is 2.91. The van der Waals surface area contributed by atoms with Crippen LogP contribution in [0.2, 0.25) is 0 Å². The first-order valence-electron chi connectivity index (χ1n) is 4.00. The predicted molar refractivity (Wildman–Crippen MR) is 46.6 cm³/mol. The van der Waals surface area contributed by atoms with Crippen LogP contribution in [0.3, 0.4) is 0 Å². The third-order valence-electron chi connectivity index (χ3n) is 2.21. The van der Waals surface area contributed by atoms with Crippen molar-refractivity contribution in [3.05, 3.63) is 26.0 Å². The van der Waals surface area contributed by atoms with Crippen LogP contribution in [-0.4, -0.2) is 7.11 Å². The lowest BCUT2D eigenvalue weighted by Crippen LogP contribution is -2.37. The molecule has 0 aliphatic heterocycles. The summed E-state index contributed by atoms with van der Waals surface area (Å²) in [6.07, 6.45) is 0.848. The van der Waals surface area contributed by atoms with Gasteiger partial charge in [-0.3, -0.25) is 9.59 Å². The van der Waals surface area contributed by atoms with E-state index in [9.17, 15) is 9.59 Å². The zero-order valence-electron chi connectivity index (χ0n) is 7.51. The average Bonchev–Trinajstić information content (AvgIpc) is 2.11. The largest absolute Gasteiger partial charge is 0.492 e. The smallest absolute Gasteiger partial charge is 0.268 e. The maximum absolute atomic E-state index is 11.0. The van der Waals surface area contributed by atoms with Gasteiger partial charge in [-0.05, 0) is 12.3 Å². The number of ether oxygens (including phenoxy) is 1. The van der Waals surface area contributed by atoms with E-state index in [1.807, 2.05) is 13.8 Å². The molecule has 1 aromatic carbocycles. The molecular formula is C9H12O3. The number of hydrogen-bond acceptors (Lipinski definition) is 3. The van der Waals surface area contributed by atoms with E-state index in [4.69, 9.17) is 4.74 Å². The van der Waals surface area contributed by atoms with Crippen molar-refractivity contribution in [2.45, 2.75) is 26.2 Å². The molecule has 0 N–H and O–H groups in total. The Bertz CT molecular complexity index is 344. The van der Waals surface area contributed by atoms with Crippen LogP contribution in [0.4, 0.5) is 0 Å². The van der Waals surface area contributed by atoms with E-state index >= 15 is 0 Å². The number of methoxy groups -OCH3 is 1. The van der Waals surface area contributed by atoms with Crippen LogP contribution in [0, 0.1) is 0 Å². The van der Waals surface area contributed by atoms with E-state index in [1.54, 1.807) is 0 Å². The molecule has 3 heteroatoms. The molecule has 0 aromatic heterocycles. The summed E-state index contributed by atoms with van der Waals surface area (Å²) < 4.78 is 4.81. The van der Waals surface area contributed by atoms with Crippen LogP contribution in [0.15, 0.2) is 9.59 Å². The quantitative estimate of drug-likeness (QED) is 0.627. The van der Waals surface area contributed by atoms with Crippen molar-refractivity contribution < 1.29 is 4.74 Å². The molecular weight excluding hydrogens is 156 g/mol. The minimum Gasteiger partial charge on any atom is -0.492 e. The van der Waals surface area contributed by atoms with Gasteiger partial charge in [-0.1, -0.05) is 13.8 Å². The van der Waals surface area contributed by atoms with Gasteiger partial charge in [0.1, 0.15) is 0 Å². The van der Waals surface area contributed by atoms with Crippen LogP contribution in [0.5, 0.6) is 5.75 Å². The molecule has 0 amide bonds. The van der Waals surface area contributed by atoms with Gasteiger partial charge in [0.05, 0.1) is 12.7 Å². The minimum atomic E-state index is -0.479. The number of hydrogen-bond donors (Lipinski definition) is 0.